The molecule has 1 N–H and O–H groups in total. The van der Waals surface area contributed by atoms with Crippen LogP contribution in [-0.4, -0.2) is 9.97 Å². The molecule has 0 amide bonds. The van der Waals surface area contributed by atoms with Gasteiger partial charge in [-0.25, -0.2) is 4.98 Å². The standard InChI is InChI=1S/C9H7ClN2S/c1-5-2-3-6(10)7-8(5)11-4-12-9(7)13/h2-4H,1H3,(H,11,12,13). The topological polar surface area (TPSA) is 28.7 Å². The molecule has 2 aromatic rings. The van der Waals surface area contributed by atoms with Gasteiger partial charge in [0.15, 0.2) is 0 Å². The first kappa shape index (κ1) is 8.66. The Bertz CT molecular complexity index is 518. The van der Waals surface area contributed by atoms with E-state index < -0.39 is 0 Å². The van der Waals surface area contributed by atoms with Gasteiger partial charge in [0.25, 0.3) is 0 Å². The molecular formula is C9H7ClN2S. The van der Waals surface area contributed by atoms with Crippen molar-refractivity contribution in [2.75, 3.05) is 0 Å². The molecule has 0 unspecified atom stereocenters. The first-order chi connectivity index (χ1) is 6.20. The fraction of sp³-hybridized carbons (Fsp3) is 0.111. The number of aryl methyl sites for hydroxylation is 1. The maximum absolute atomic E-state index is 6.01. The Morgan fingerprint density at radius 3 is 2.92 bits per heavy atom. The molecule has 0 aliphatic heterocycles. The van der Waals surface area contributed by atoms with Gasteiger partial charge >= 0.3 is 0 Å². The van der Waals surface area contributed by atoms with Crippen molar-refractivity contribution >= 4 is 34.7 Å². The van der Waals surface area contributed by atoms with Crippen molar-refractivity contribution in [3.05, 3.63) is 33.7 Å². The Kier molecular flexibility index (Phi) is 2.06. The van der Waals surface area contributed by atoms with Crippen LogP contribution in [0.5, 0.6) is 0 Å². The van der Waals surface area contributed by atoms with E-state index in [1.165, 1.54) is 0 Å². The number of halogens is 1. The van der Waals surface area contributed by atoms with E-state index in [4.69, 9.17) is 23.8 Å². The molecule has 66 valence electrons. The summed E-state index contributed by atoms with van der Waals surface area (Å²) in [6, 6.07) is 3.79. The summed E-state index contributed by atoms with van der Waals surface area (Å²) in [6.07, 6.45) is 1.59. The third-order valence-corrected chi connectivity index (χ3v) is 2.59. The summed E-state index contributed by atoms with van der Waals surface area (Å²) in [5.74, 6) is 0. The molecule has 0 radical (unpaired) electrons. The lowest BCUT2D eigenvalue weighted by molar-refractivity contribution is 1.20. The van der Waals surface area contributed by atoms with E-state index in [0.717, 1.165) is 16.5 Å². The molecule has 0 aliphatic carbocycles. The number of hydrogen-bond donors (Lipinski definition) is 1. The van der Waals surface area contributed by atoms with Crippen molar-refractivity contribution in [2.45, 2.75) is 6.92 Å². The normalized spacial score (nSPS) is 10.6. The van der Waals surface area contributed by atoms with Gasteiger partial charge in [0.2, 0.25) is 0 Å². The summed E-state index contributed by atoms with van der Waals surface area (Å²) < 4.78 is 0.544. The van der Waals surface area contributed by atoms with Gasteiger partial charge in [0.1, 0.15) is 4.64 Å². The summed E-state index contributed by atoms with van der Waals surface area (Å²) in [7, 11) is 0. The number of hydrogen-bond acceptors (Lipinski definition) is 2. The Labute approximate surface area is 85.6 Å². The minimum atomic E-state index is 0.544. The zero-order chi connectivity index (χ0) is 9.42. The van der Waals surface area contributed by atoms with Crippen LogP contribution < -0.4 is 0 Å². The van der Waals surface area contributed by atoms with Crippen LogP contribution in [0.3, 0.4) is 0 Å². The predicted octanol–water partition coefficient (Wildman–Crippen LogP) is 3.25. The van der Waals surface area contributed by atoms with Crippen molar-refractivity contribution < 1.29 is 0 Å². The SMILES string of the molecule is Cc1ccc(Cl)c2c(=S)nc[nH]c12. The summed E-state index contributed by atoms with van der Waals surface area (Å²) in [6.45, 7) is 2.00. The Balaban J connectivity index is 3.09. The lowest BCUT2D eigenvalue weighted by atomic mass is 10.1. The second-order valence-corrected chi connectivity index (χ2v) is 3.62. The van der Waals surface area contributed by atoms with E-state index >= 15 is 0 Å². The number of fused-ring (bicyclic) bond motifs is 1. The van der Waals surface area contributed by atoms with E-state index in [0.29, 0.717) is 9.66 Å². The molecule has 0 spiro atoms. The first-order valence-electron chi connectivity index (χ1n) is 3.82. The minimum Gasteiger partial charge on any atom is -0.345 e. The molecule has 1 aromatic carbocycles. The Hall–Kier alpha value is -0.930. The largest absolute Gasteiger partial charge is 0.345 e. The number of aromatic amines is 1. The molecule has 0 atom stereocenters. The monoisotopic (exact) mass is 210 g/mol. The predicted molar refractivity (Wildman–Crippen MR) is 56.7 cm³/mol. The quantitative estimate of drug-likeness (QED) is 0.677. The van der Waals surface area contributed by atoms with E-state index in [1.54, 1.807) is 6.33 Å². The van der Waals surface area contributed by atoms with Crippen LogP contribution in [0.1, 0.15) is 5.56 Å². The van der Waals surface area contributed by atoms with Gasteiger partial charge < -0.3 is 4.98 Å². The molecule has 0 aliphatic rings. The molecule has 2 nitrogen and oxygen atoms in total. The van der Waals surface area contributed by atoms with Crippen molar-refractivity contribution in [1.82, 2.24) is 9.97 Å². The summed E-state index contributed by atoms with van der Waals surface area (Å²) in [4.78, 5) is 7.02. The third-order valence-electron chi connectivity index (χ3n) is 1.97. The molecule has 0 fully saturated rings. The van der Waals surface area contributed by atoms with Crippen molar-refractivity contribution in [3.63, 3.8) is 0 Å². The van der Waals surface area contributed by atoms with Gasteiger partial charge in [0.05, 0.1) is 22.3 Å². The highest BCUT2D eigenvalue weighted by atomic mass is 35.5. The fourth-order valence-corrected chi connectivity index (χ4v) is 1.86. The van der Waals surface area contributed by atoms with Crippen LogP contribution in [0.4, 0.5) is 0 Å². The highest BCUT2D eigenvalue weighted by molar-refractivity contribution is 7.71. The van der Waals surface area contributed by atoms with Crippen LogP contribution in [0.25, 0.3) is 10.9 Å². The molecule has 2 rings (SSSR count). The van der Waals surface area contributed by atoms with Gasteiger partial charge in [-0.15, -0.1) is 0 Å². The van der Waals surface area contributed by atoms with Crippen molar-refractivity contribution in [2.24, 2.45) is 0 Å². The highest BCUT2D eigenvalue weighted by Gasteiger charge is 2.03. The number of aromatic nitrogens is 2. The van der Waals surface area contributed by atoms with Gasteiger partial charge in [-0.3, -0.25) is 0 Å². The van der Waals surface area contributed by atoms with E-state index in [1.807, 2.05) is 19.1 Å². The summed E-state index contributed by atoms with van der Waals surface area (Å²) in [5, 5.41) is 1.48. The van der Waals surface area contributed by atoms with Crippen molar-refractivity contribution in [3.8, 4) is 0 Å². The number of H-pyrrole nitrogens is 1. The number of benzene rings is 1. The number of rotatable bonds is 0. The lowest BCUT2D eigenvalue weighted by Gasteiger charge is -2.02. The molecule has 0 saturated heterocycles. The molecule has 13 heavy (non-hydrogen) atoms. The van der Waals surface area contributed by atoms with Gasteiger partial charge in [-0.2, -0.15) is 0 Å². The second kappa shape index (κ2) is 3.09. The van der Waals surface area contributed by atoms with E-state index in [9.17, 15) is 0 Å². The van der Waals surface area contributed by atoms with Gasteiger partial charge in [-0.1, -0.05) is 29.9 Å². The lowest BCUT2D eigenvalue weighted by Crippen LogP contribution is -1.87. The van der Waals surface area contributed by atoms with Crippen LogP contribution in [0.15, 0.2) is 18.5 Å². The first-order valence-corrected chi connectivity index (χ1v) is 4.61. The second-order valence-electron chi connectivity index (χ2n) is 2.82. The summed E-state index contributed by atoms with van der Waals surface area (Å²) in [5.41, 5.74) is 2.08. The molecule has 1 heterocycles. The van der Waals surface area contributed by atoms with Crippen molar-refractivity contribution in [1.29, 1.82) is 0 Å². The van der Waals surface area contributed by atoms with Crippen LogP contribution in [-0.2, 0) is 0 Å². The zero-order valence-electron chi connectivity index (χ0n) is 6.97. The fourth-order valence-electron chi connectivity index (χ4n) is 1.30. The molecule has 4 heteroatoms. The average molecular weight is 211 g/mol. The Morgan fingerprint density at radius 2 is 2.23 bits per heavy atom. The zero-order valence-corrected chi connectivity index (χ0v) is 8.54. The number of nitrogens with one attached hydrogen (secondary N) is 1. The molecule has 1 aromatic heterocycles. The summed E-state index contributed by atoms with van der Waals surface area (Å²) >= 11 is 11.1. The maximum Gasteiger partial charge on any atom is 0.138 e. The van der Waals surface area contributed by atoms with Crippen LogP contribution in [0.2, 0.25) is 5.02 Å². The Morgan fingerprint density at radius 1 is 1.46 bits per heavy atom. The van der Waals surface area contributed by atoms with Gasteiger partial charge in [-0.05, 0) is 18.6 Å². The maximum atomic E-state index is 6.01. The van der Waals surface area contributed by atoms with E-state index in [2.05, 4.69) is 9.97 Å². The van der Waals surface area contributed by atoms with Gasteiger partial charge in [0, 0.05) is 0 Å². The minimum absolute atomic E-state index is 0.544. The molecular weight excluding hydrogens is 204 g/mol. The molecule has 0 bridgehead atoms. The highest BCUT2D eigenvalue weighted by Crippen LogP contribution is 2.24. The van der Waals surface area contributed by atoms with E-state index in [-0.39, 0.29) is 0 Å². The van der Waals surface area contributed by atoms with Crippen LogP contribution in [0, 0.1) is 11.6 Å². The van der Waals surface area contributed by atoms with Crippen LogP contribution >= 0.6 is 23.8 Å². The number of nitrogens with zero attached hydrogens (tertiary/aromatic N) is 1. The third kappa shape index (κ3) is 1.34. The smallest absolute Gasteiger partial charge is 0.138 e. The average Bonchev–Trinajstić information content (AvgIpc) is 2.12. The molecule has 0 saturated carbocycles.